The number of nitrogens with two attached hydrogens (primary N) is 1. The van der Waals surface area contributed by atoms with Crippen molar-refractivity contribution in [3.63, 3.8) is 0 Å². The molecule has 0 aliphatic carbocycles. The van der Waals surface area contributed by atoms with Crippen LogP contribution in [0.1, 0.15) is 5.56 Å². The van der Waals surface area contributed by atoms with Gasteiger partial charge in [-0.15, -0.1) is 0 Å². The first kappa shape index (κ1) is 20.5. The standard InChI is InChI=1S/C23H16F3N3O.H2O/c24-23(25,26)16-10-12-18(13-11-16)29-22(30)21-20(27-29)19-9-5-4-6-15(19)14-28(21)17-7-2-1-3-8-17;/h1-14,27,30H;1H2. The number of fused-ring (bicyclic) bond motifs is 2. The number of quaternary nitrogens is 1. The molecule has 5 nitrogen and oxygen atoms in total. The molecule has 0 aromatic heterocycles. The SMILES string of the molecule is OC1=C2C(=c3ccccc3=CN2c2ccccc2)[NH2+]N1c1ccc(C(F)(F)F)cc1.[OH-]. The van der Waals surface area contributed by atoms with Crippen LogP contribution in [0.3, 0.4) is 0 Å². The minimum absolute atomic E-state index is 0. The Kier molecular flexibility index (Phi) is 4.96. The first-order valence-electron chi connectivity index (χ1n) is 9.34. The van der Waals surface area contributed by atoms with Crippen molar-refractivity contribution in [2.24, 2.45) is 0 Å². The second kappa shape index (κ2) is 7.50. The van der Waals surface area contributed by atoms with Crippen LogP contribution in [0, 0.1) is 0 Å². The lowest BCUT2D eigenvalue weighted by molar-refractivity contribution is -0.567. The predicted molar refractivity (Wildman–Crippen MR) is 110 cm³/mol. The number of hydrogen-bond acceptors (Lipinski definition) is 4. The zero-order chi connectivity index (χ0) is 20.9. The molecular formula is C23H18F3N3O2. The Bertz CT molecular complexity index is 1270. The molecule has 2 aliphatic rings. The molecular weight excluding hydrogens is 407 g/mol. The van der Waals surface area contributed by atoms with Crippen molar-refractivity contribution < 1.29 is 29.2 Å². The number of alkyl halides is 3. The number of halogens is 3. The summed E-state index contributed by atoms with van der Waals surface area (Å²) in [5, 5.41) is 14.5. The Labute approximate surface area is 175 Å². The number of aliphatic hydroxyl groups excluding tert-OH is 1. The molecule has 0 saturated carbocycles. The second-order valence-electron chi connectivity index (χ2n) is 7.05. The quantitative estimate of drug-likeness (QED) is 0.620. The highest BCUT2D eigenvalue weighted by molar-refractivity contribution is 5.80. The number of rotatable bonds is 2. The average Bonchev–Trinajstić information content (AvgIpc) is 3.11. The molecule has 0 saturated heterocycles. The van der Waals surface area contributed by atoms with Gasteiger partial charge in [0.1, 0.15) is 0 Å². The second-order valence-corrected chi connectivity index (χ2v) is 7.05. The highest BCUT2D eigenvalue weighted by Crippen LogP contribution is 2.33. The first-order chi connectivity index (χ1) is 14.4. The number of benzene rings is 3. The van der Waals surface area contributed by atoms with Gasteiger partial charge < -0.3 is 15.5 Å². The molecule has 158 valence electrons. The number of nitrogens with zero attached hydrogens (tertiary/aromatic N) is 2. The monoisotopic (exact) mass is 425 g/mol. The van der Waals surface area contributed by atoms with Gasteiger partial charge in [-0.1, -0.05) is 36.4 Å². The third-order valence-electron chi connectivity index (χ3n) is 5.22. The lowest BCUT2D eigenvalue weighted by Gasteiger charge is -2.22. The van der Waals surface area contributed by atoms with Crippen LogP contribution >= 0.6 is 0 Å². The van der Waals surface area contributed by atoms with E-state index in [1.54, 1.807) is 5.43 Å². The fourth-order valence-electron chi connectivity index (χ4n) is 3.78. The van der Waals surface area contributed by atoms with E-state index < -0.39 is 11.7 Å². The Balaban J connectivity index is 0.00000231. The van der Waals surface area contributed by atoms with Gasteiger partial charge in [0.2, 0.25) is 0 Å². The zero-order valence-corrected chi connectivity index (χ0v) is 16.1. The van der Waals surface area contributed by atoms with Crippen LogP contribution in [-0.2, 0) is 6.18 Å². The zero-order valence-electron chi connectivity index (χ0n) is 16.1. The maximum Gasteiger partial charge on any atom is 0.416 e. The summed E-state index contributed by atoms with van der Waals surface area (Å²) in [7, 11) is 0. The van der Waals surface area contributed by atoms with Gasteiger partial charge >= 0.3 is 6.18 Å². The highest BCUT2D eigenvalue weighted by Gasteiger charge is 2.39. The van der Waals surface area contributed by atoms with Gasteiger partial charge in [0.25, 0.3) is 5.88 Å². The molecule has 4 N–H and O–H groups in total. The van der Waals surface area contributed by atoms with E-state index in [-0.39, 0.29) is 11.4 Å². The molecule has 0 fully saturated rings. The third-order valence-corrected chi connectivity index (χ3v) is 5.22. The summed E-state index contributed by atoms with van der Waals surface area (Å²) in [6.07, 6.45) is -2.46. The smallest absolute Gasteiger partial charge is 0.416 e. The van der Waals surface area contributed by atoms with Crippen molar-refractivity contribution in [1.82, 2.24) is 0 Å². The molecule has 0 unspecified atom stereocenters. The van der Waals surface area contributed by atoms with Crippen molar-refractivity contribution in [3.8, 4) is 0 Å². The van der Waals surface area contributed by atoms with E-state index in [0.717, 1.165) is 34.0 Å². The summed E-state index contributed by atoms with van der Waals surface area (Å²) in [6.45, 7) is 0. The minimum atomic E-state index is -4.41. The molecule has 0 amide bonds. The molecule has 0 spiro atoms. The van der Waals surface area contributed by atoms with E-state index in [1.807, 2.05) is 65.7 Å². The summed E-state index contributed by atoms with van der Waals surface area (Å²) >= 11 is 0. The van der Waals surface area contributed by atoms with Crippen molar-refractivity contribution in [1.29, 1.82) is 0 Å². The highest BCUT2D eigenvalue weighted by atomic mass is 19.4. The first-order valence-corrected chi connectivity index (χ1v) is 9.34. The molecule has 0 bridgehead atoms. The molecule has 3 aromatic carbocycles. The molecule has 2 heterocycles. The largest absolute Gasteiger partial charge is 0.870 e. The minimum Gasteiger partial charge on any atom is -0.870 e. The Hall–Kier alpha value is -3.75. The van der Waals surface area contributed by atoms with Crippen molar-refractivity contribution in [3.05, 3.63) is 106 Å². The summed E-state index contributed by atoms with van der Waals surface area (Å²) in [5.41, 5.74) is 3.73. The number of anilines is 2. The van der Waals surface area contributed by atoms with Crippen LogP contribution in [0.5, 0.6) is 0 Å². The van der Waals surface area contributed by atoms with Gasteiger partial charge in [-0.25, -0.2) is 5.43 Å². The summed E-state index contributed by atoms with van der Waals surface area (Å²) in [6, 6.07) is 22.2. The van der Waals surface area contributed by atoms with Crippen molar-refractivity contribution in [2.75, 3.05) is 9.91 Å². The van der Waals surface area contributed by atoms with Gasteiger partial charge in [0.05, 0.1) is 11.3 Å². The lowest BCUT2D eigenvalue weighted by atomic mass is 10.1. The summed E-state index contributed by atoms with van der Waals surface area (Å²) in [4.78, 5) is 1.90. The van der Waals surface area contributed by atoms with Crippen LogP contribution in [-0.4, -0.2) is 10.6 Å². The van der Waals surface area contributed by atoms with Gasteiger partial charge in [-0.2, -0.15) is 18.2 Å². The average molecular weight is 425 g/mol. The van der Waals surface area contributed by atoms with Crippen LogP contribution in [0.25, 0.3) is 11.9 Å². The maximum atomic E-state index is 12.9. The van der Waals surface area contributed by atoms with Crippen molar-refractivity contribution in [2.45, 2.75) is 6.18 Å². The fourth-order valence-corrected chi connectivity index (χ4v) is 3.78. The van der Waals surface area contributed by atoms with E-state index in [4.69, 9.17) is 0 Å². The molecule has 3 aromatic rings. The molecule has 8 heteroatoms. The Morgan fingerprint density at radius 1 is 0.774 bits per heavy atom. The number of aliphatic hydroxyl groups is 1. The maximum absolute atomic E-state index is 12.9. The number of hydrogen-bond donors (Lipinski definition) is 2. The van der Waals surface area contributed by atoms with E-state index in [2.05, 4.69) is 0 Å². The van der Waals surface area contributed by atoms with E-state index in [0.29, 0.717) is 11.4 Å². The summed E-state index contributed by atoms with van der Waals surface area (Å²) in [5.74, 6) is -0.0423. The van der Waals surface area contributed by atoms with E-state index in [9.17, 15) is 18.3 Å². The molecule has 0 atom stereocenters. The van der Waals surface area contributed by atoms with Crippen LogP contribution in [0.4, 0.5) is 24.5 Å². The Morgan fingerprint density at radius 3 is 2.10 bits per heavy atom. The fraction of sp³-hybridized carbons (Fsp3) is 0.0435. The van der Waals surface area contributed by atoms with Crippen molar-refractivity contribution >= 4 is 23.3 Å². The third kappa shape index (κ3) is 3.41. The lowest BCUT2D eigenvalue weighted by Crippen LogP contribution is -2.90. The molecule has 5 rings (SSSR count). The van der Waals surface area contributed by atoms with Crippen LogP contribution < -0.4 is 25.8 Å². The predicted octanol–water partition coefficient (Wildman–Crippen LogP) is 2.62. The van der Waals surface area contributed by atoms with E-state index >= 15 is 0 Å². The normalized spacial score (nSPS) is 15.3. The molecule has 0 radical (unpaired) electrons. The number of para-hydroxylation sites is 1. The van der Waals surface area contributed by atoms with Gasteiger partial charge in [-0.3, -0.25) is 0 Å². The Morgan fingerprint density at radius 2 is 1.42 bits per heavy atom. The van der Waals surface area contributed by atoms with Gasteiger partial charge in [0, 0.05) is 22.3 Å². The van der Waals surface area contributed by atoms with Crippen LogP contribution in [0.15, 0.2) is 90.4 Å². The van der Waals surface area contributed by atoms with Gasteiger partial charge in [0.15, 0.2) is 11.4 Å². The molecule has 2 aliphatic heterocycles. The topological polar surface area (TPSA) is 73.3 Å². The van der Waals surface area contributed by atoms with Gasteiger partial charge in [-0.05, 0) is 42.5 Å². The van der Waals surface area contributed by atoms with Crippen LogP contribution in [0.2, 0.25) is 0 Å². The molecule has 31 heavy (non-hydrogen) atoms. The summed E-state index contributed by atoms with van der Waals surface area (Å²) < 4.78 is 38.8. The van der Waals surface area contributed by atoms with E-state index in [1.165, 1.54) is 17.1 Å².